The van der Waals surface area contributed by atoms with Crippen LogP contribution in [0.3, 0.4) is 0 Å². The van der Waals surface area contributed by atoms with Crippen molar-refractivity contribution in [3.63, 3.8) is 0 Å². The molecule has 2 heterocycles. The van der Waals surface area contributed by atoms with E-state index in [-0.39, 0.29) is 12.3 Å². The number of rotatable bonds is 5. The molecule has 0 unspecified atom stereocenters. The second kappa shape index (κ2) is 7.33. The maximum atomic E-state index is 12.3. The fourth-order valence-corrected chi connectivity index (χ4v) is 2.59. The average molecular weight is 395 g/mol. The molecular weight excluding hydrogens is 379 g/mol. The zero-order valence-corrected chi connectivity index (χ0v) is 14.9. The molecule has 2 aromatic heterocycles. The molecule has 1 N–H and O–H groups in total. The Morgan fingerprint density at radius 3 is 2.61 bits per heavy atom. The van der Waals surface area contributed by atoms with E-state index >= 15 is 0 Å². The Balaban J connectivity index is 1.66. The van der Waals surface area contributed by atoms with Gasteiger partial charge in [0.25, 0.3) is 0 Å². The number of ether oxygens (including phenoxy) is 1. The number of fused-ring (bicyclic) bond motifs is 1. The average Bonchev–Trinajstić information content (AvgIpc) is 2.89. The zero-order chi connectivity index (χ0) is 20.5. The second-order valence-electron chi connectivity index (χ2n) is 6.10. The molecule has 11 heteroatoms. The number of alkyl halides is 3. The van der Waals surface area contributed by atoms with Crippen LogP contribution in [0.15, 0.2) is 41.5 Å². The van der Waals surface area contributed by atoms with Crippen LogP contribution in [0.4, 0.5) is 13.2 Å². The van der Waals surface area contributed by atoms with Crippen LogP contribution in [0.25, 0.3) is 5.65 Å². The number of hydrogen-bond donors (Lipinski definition) is 1. The highest BCUT2D eigenvalue weighted by atomic mass is 19.4. The lowest BCUT2D eigenvalue weighted by molar-refractivity contribution is -0.274. The van der Waals surface area contributed by atoms with Gasteiger partial charge in [0, 0.05) is 6.20 Å². The molecule has 0 fully saturated rings. The molecule has 148 valence electrons. The predicted octanol–water partition coefficient (Wildman–Crippen LogP) is 1.98. The number of carbonyl (C=O) groups is 1. The summed E-state index contributed by atoms with van der Waals surface area (Å²) < 4.78 is 42.7. The first-order valence-corrected chi connectivity index (χ1v) is 8.19. The first-order chi connectivity index (χ1) is 13.1. The molecule has 0 bridgehead atoms. The van der Waals surface area contributed by atoms with Crippen LogP contribution in [-0.4, -0.2) is 31.4 Å². The topological polar surface area (TPSA) is 90.5 Å². The molecule has 0 aliphatic heterocycles. The number of hydrogen-bond acceptors (Lipinski definition) is 5. The number of nitrogens with zero attached hydrogens (tertiary/aromatic N) is 4. The van der Waals surface area contributed by atoms with Gasteiger partial charge in [-0.15, -0.1) is 18.3 Å². The van der Waals surface area contributed by atoms with Gasteiger partial charge in [-0.05, 0) is 31.5 Å². The van der Waals surface area contributed by atoms with Crippen molar-refractivity contribution in [1.29, 1.82) is 0 Å². The Hall–Kier alpha value is -3.37. The van der Waals surface area contributed by atoms with E-state index in [0.29, 0.717) is 16.9 Å². The van der Waals surface area contributed by atoms with Gasteiger partial charge < -0.3 is 10.1 Å². The molecule has 0 radical (unpaired) electrons. The van der Waals surface area contributed by atoms with Gasteiger partial charge >= 0.3 is 12.1 Å². The summed E-state index contributed by atoms with van der Waals surface area (Å²) in [6.45, 7) is 3.08. The van der Waals surface area contributed by atoms with Crippen LogP contribution in [-0.2, 0) is 11.3 Å². The van der Waals surface area contributed by atoms with Crippen LogP contribution in [0.5, 0.6) is 5.75 Å². The van der Waals surface area contributed by atoms with Gasteiger partial charge in [-0.25, -0.2) is 13.9 Å². The monoisotopic (exact) mass is 395 g/mol. The summed E-state index contributed by atoms with van der Waals surface area (Å²) in [4.78, 5) is 28.6. The highest BCUT2D eigenvalue weighted by molar-refractivity contribution is 5.76. The van der Waals surface area contributed by atoms with Gasteiger partial charge in [0.2, 0.25) is 5.91 Å². The molecule has 0 aliphatic carbocycles. The molecule has 8 nitrogen and oxygen atoms in total. The van der Waals surface area contributed by atoms with Crippen molar-refractivity contribution in [1.82, 2.24) is 24.5 Å². The molecule has 0 saturated carbocycles. The van der Waals surface area contributed by atoms with Gasteiger partial charge in [-0.2, -0.15) is 0 Å². The normalized spacial score (nSPS) is 12.8. The number of amides is 1. The first-order valence-electron chi connectivity index (χ1n) is 8.19. The predicted molar refractivity (Wildman–Crippen MR) is 91.7 cm³/mol. The van der Waals surface area contributed by atoms with Gasteiger partial charge in [-0.1, -0.05) is 12.1 Å². The summed E-state index contributed by atoms with van der Waals surface area (Å²) in [6.07, 6.45) is -1.82. The van der Waals surface area contributed by atoms with Crippen molar-refractivity contribution in [3.8, 4) is 5.75 Å². The summed E-state index contributed by atoms with van der Waals surface area (Å²) in [5, 5.41) is 6.71. The maximum Gasteiger partial charge on any atom is 0.573 e. The lowest BCUT2D eigenvalue weighted by Gasteiger charge is -2.15. The number of carbonyl (C=O) groups excluding carboxylic acids is 1. The Bertz CT molecular complexity index is 1060. The second-order valence-corrected chi connectivity index (χ2v) is 6.10. The number of halogens is 3. The summed E-state index contributed by atoms with van der Waals surface area (Å²) in [6, 6.07) is 4.65. The number of aromatic nitrogens is 4. The van der Waals surface area contributed by atoms with E-state index in [2.05, 4.69) is 20.1 Å². The molecule has 28 heavy (non-hydrogen) atoms. The lowest BCUT2D eigenvalue weighted by Crippen LogP contribution is -2.34. The van der Waals surface area contributed by atoms with Crippen molar-refractivity contribution in [2.24, 2.45) is 0 Å². The van der Waals surface area contributed by atoms with Crippen LogP contribution < -0.4 is 15.7 Å². The summed E-state index contributed by atoms with van der Waals surface area (Å²) in [7, 11) is 0. The van der Waals surface area contributed by atoms with Crippen molar-refractivity contribution in [3.05, 3.63) is 58.4 Å². The summed E-state index contributed by atoms with van der Waals surface area (Å²) in [5.74, 6) is -0.826. The van der Waals surface area contributed by atoms with Gasteiger partial charge in [0.05, 0.1) is 17.9 Å². The van der Waals surface area contributed by atoms with E-state index in [1.165, 1.54) is 28.9 Å². The maximum absolute atomic E-state index is 12.3. The molecule has 1 amide bonds. The van der Waals surface area contributed by atoms with Crippen molar-refractivity contribution in [2.45, 2.75) is 32.8 Å². The number of aryl methyl sites for hydroxylation is 1. The highest BCUT2D eigenvalue weighted by Gasteiger charge is 2.31. The first kappa shape index (κ1) is 19.4. The smallest absolute Gasteiger partial charge is 0.406 e. The van der Waals surface area contributed by atoms with E-state index in [0.717, 1.165) is 16.8 Å². The van der Waals surface area contributed by atoms with Crippen LogP contribution in [0, 0.1) is 6.92 Å². The van der Waals surface area contributed by atoms with E-state index in [9.17, 15) is 22.8 Å². The van der Waals surface area contributed by atoms with Crippen LogP contribution in [0.2, 0.25) is 0 Å². The SMILES string of the molecule is Cc1cn2c(=O)n(CC(=O)N[C@@H](C)c3ccc(OC(F)(F)F)cc3)nc2cn1. The Morgan fingerprint density at radius 2 is 1.96 bits per heavy atom. The Labute approximate surface area is 156 Å². The van der Waals surface area contributed by atoms with Crippen LogP contribution >= 0.6 is 0 Å². The van der Waals surface area contributed by atoms with Crippen LogP contribution in [0.1, 0.15) is 24.2 Å². The minimum absolute atomic E-state index is 0.306. The number of nitrogens with one attached hydrogen (secondary N) is 1. The third-order valence-electron chi connectivity index (χ3n) is 3.88. The fourth-order valence-electron chi connectivity index (χ4n) is 2.59. The molecule has 3 rings (SSSR count). The third-order valence-corrected chi connectivity index (χ3v) is 3.88. The quantitative estimate of drug-likeness (QED) is 0.714. The van der Waals surface area contributed by atoms with E-state index in [4.69, 9.17) is 0 Å². The molecule has 0 spiro atoms. The molecule has 0 saturated heterocycles. The van der Waals surface area contributed by atoms with Gasteiger partial charge in [0.1, 0.15) is 12.3 Å². The summed E-state index contributed by atoms with van der Waals surface area (Å²) >= 11 is 0. The highest BCUT2D eigenvalue weighted by Crippen LogP contribution is 2.24. The third kappa shape index (κ3) is 4.48. The number of benzene rings is 1. The lowest BCUT2D eigenvalue weighted by atomic mass is 10.1. The Morgan fingerprint density at radius 1 is 1.29 bits per heavy atom. The Kier molecular flexibility index (Phi) is 5.08. The largest absolute Gasteiger partial charge is 0.573 e. The molecule has 1 aromatic carbocycles. The zero-order valence-electron chi connectivity index (χ0n) is 14.9. The van der Waals surface area contributed by atoms with Crippen molar-refractivity contribution >= 4 is 11.6 Å². The summed E-state index contributed by atoms with van der Waals surface area (Å²) in [5.41, 5.74) is 1.05. The minimum atomic E-state index is -4.77. The molecule has 0 aliphatic rings. The van der Waals surface area contributed by atoms with Crippen molar-refractivity contribution in [2.75, 3.05) is 0 Å². The van der Waals surface area contributed by atoms with E-state index in [1.807, 2.05) is 0 Å². The van der Waals surface area contributed by atoms with E-state index < -0.39 is 24.0 Å². The molecular formula is C17H16F3N5O3. The molecule has 1 atom stereocenters. The fraction of sp³-hybridized carbons (Fsp3) is 0.294. The van der Waals surface area contributed by atoms with E-state index in [1.54, 1.807) is 13.8 Å². The van der Waals surface area contributed by atoms with Crippen molar-refractivity contribution < 1.29 is 22.7 Å². The standard InChI is InChI=1S/C17H16F3N5O3/c1-10-8-24-14(7-21-10)23-25(16(24)27)9-15(26)22-11(2)12-3-5-13(6-4-12)28-17(18,19)20/h3-8,11H,9H2,1-2H3,(H,22,26)/t11-/m0/s1. The van der Waals surface area contributed by atoms with Gasteiger partial charge in [0.15, 0.2) is 5.65 Å². The molecule has 3 aromatic rings. The minimum Gasteiger partial charge on any atom is -0.406 e. The van der Waals surface area contributed by atoms with Gasteiger partial charge in [-0.3, -0.25) is 9.78 Å².